The Kier molecular flexibility index (Phi) is 4.44. The van der Waals surface area contributed by atoms with Gasteiger partial charge in [-0.3, -0.25) is 9.78 Å². The van der Waals surface area contributed by atoms with Crippen LogP contribution in [-0.4, -0.2) is 43.3 Å². The fourth-order valence-electron chi connectivity index (χ4n) is 3.88. The second-order valence-corrected chi connectivity index (χ2v) is 7.22. The second kappa shape index (κ2) is 7.25. The minimum atomic E-state index is -0.154. The summed E-state index contributed by atoms with van der Waals surface area (Å²) in [5.74, 6) is 1.52. The number of rotatable bonds is 3. The third-order valence-corrected chi connectivity index (χ3v) is 5.39. The molecule has 1 fully saturated rings. The highest BCUT2D eigenvalue weighted by Gasteiger charge is 2.23. The van der Waals surface area contributed by atoms with E-state index in [0.717, 1.165) is 47.8 Å². The van der Waals surface area contributed by atoms with Gasteiger partial charge in [-0.25, -0.2) is 0 Å². The molecule has 0 radical (unpaired) electrons. The number of aromatic amines is 1. The number of hydrogen-bond donors (Lipinski definition) is 2. The van der Waals surface area contributed by atoms with Crippen LogP contribution in [0.3, 0.4) is 0 Å². The van der Waals surface area contributed by atoms with Crippen LogP contribution in [0, 0.1) is 0 Å². The van der Waals surface area contributed by atoms with Gasteiger partial charge >= 0.3 is 0 Å². The second-order valence-electron chi connectivity index (χ2n) is 7.22. The van der Waals surface area contributed by atoms with Crippen LogP contribution < -0.4 is 20.5 Å². The number of aromatic nitrogens is 2. The van der Waals surface area contributed by atoms with Crippen LogP contribution >= 0.6 is 0 Å². The van der Waals surface area contributed by atoms with E-state index in [1.54, 1.807) is 12.3 Å². The predicted molar refractivity (Wildman–Crippen MR) is 112 cm³/mol. The first-order valence-corrected chi connectivity index (χ1v) is 9.75. The Labute approximate surface area is 168 Å². The van der Waals surface area contributed by atoms with Gasteiger partial charge in [0.25, 0.3) is 5.56 Å². The zero-order valence-electron chi connectivity index (χ0n) is 16.2. The van der Waals surface area contributed by atoms with Crippen molar-refractivity contribution in [3.05, 3.63) is 64.1 Å². The summed E-state index contributed by atoms with van der Waals surface area (Å²) in [7, 11) is 1.90. The molecule has 1 saturated heterocycles. The Morgan fingerprint density at radius 1 is 1.10 bits per heavy atom. The van der Waals surface area contributed by atoms with Crippen LogP contribution in [0.2, 0.25) is 0 Å². The van der Waals surface area contributed by atoms with Crippen molar-refractivity contribution in [2.45, 2.75) is 6.42 Å². The van der Waals surface area contributed by atoms with Crippen molar-refractivity contribution in [3.63, 3.8) is 0 Å². The number of ether oxygens (including phenoxy) is 2. The van der Waals surface area contributed by atoms with E-state index in [0.29, 0.717) is 30.4 Å². The molecule has 0 bridgehead atoms. The first-order valence-electron chi connectivity index (χ1n) is 9.75. The van der Waals surface area contributed by atoms with Gasteiger partial charge in [0.15, 0.2) is 5.75 Å². The van der Waals surface area contributed by atoms with Crippen LogP contribution in [-0.2, 0) is 11.2 Å². The first-order chi connectivity index (χ1) is 14.2. The fraction of sp³-hybridized carbons (Fsp3) is 0.273. The molecule has 7 nitrogen and oxygen atoms in total. The summed E-state index contributed by atoms with van der Waals surface area (Å²) in [5, 5.41) is 3.16. The molecule has 0 spiro atoms. The van der Waals surface area contributed by atoms with Gasteiger partial charge in [0.05, 0.1) is 18.9 Å². The van der Waals surface area contributed by atoms with Crippen molar-refractivity contribution < 1.29 is 9.47 Å². The molecule has 0 atom stereocenters. The molecule has 2 aromatic heterocycles. The van der Waals surface area contributed by atoms with E-state index in [2.05, 4.69) is 26.3 Å². The summed E-state index contributed by atoms with van der Waals surface area (Å²) in [4.78, 5) is 22.0. The Bertz CT molecular complexity index is 1120. The molecule has 2 aliphatic rings. The van der Waals surface area contributed by atoms with Crippen LogP contribution in [0.1, 0.15) is 11.1 Å². The minimum absolute atomic E-state index is 0.154. The smallest absolute Gasteiger partial charge is 0.250 e. The molecule has 0 unspecified atom stereocenters. The van der Waals surface area contributed by atoms with E-state index in [1.165, 1.54) is 0 Å². The number of fused-ring (bicyclic) bond motifs is 2. The van der Waals surface area contributed by atoms with Crippen LogP contribution in [0.5, 0.6) is 11.5 Å². The third-order valence-electron chi connectivity index (χ3n) is 5.39. The van der Waals surface area contributed by atoms with Gasteiger partial charge in [0.1, 0.15) is 11.4 Å². The van der Waals surface area contributed by atoms with Crippen LogP contribution in [0.15, 0.2) is 47.4 Å². The quantitative estimate of drug-likeness (QED) is 0.560. The highest BCUT2D eigenvalue weighted by Crippen LogP contribution is 2.42. The summed E-state index contributed by atoms with van der Waals surface area (Å²) in [6, 6.07) is 11.6. The Morgan fingerprint density at radius 2 is 1.97 bits per heavy atom. The Balaban J connectivity index is 1.55. The lowest BCUT2D eigenvalue weighted by Gasteiger charge is -2.29. The fourth-order valence-corrected chi connectivity index (χ4v) is 3.88. The summed E-state index contributed by atoms with van der Waals surface area (Å²) < 4.78 is 11.7. The Morgan fingerprint density at radius 3 is 2.79 bits per heavy atom. The van der Waals surface area contributed by atoms with E-state index in [9.17, 15) is 4.79 Å². The molecule has 5 rings (SSSR count). The van der Waals surface area contributed by atoms with Crippen molar-refractivity contribution in [3.8, 4) is 22.9 Å². The molecule has 0 aliphatic carbocycles. The highest BCUT2D eigenvalue weighted by atomic mass is 16.5. The maximum absolute atomic E-state index is 12.4. The molecule has 0 saturated carbocycles. The first kappa shape index (κ1) is 17.8. The SMILES string of the molecule is CNc1ccc2c(c1)Cc1ccnc(-c3cc(N4CCOCC4)cc(=O)[nH]3)c1O2. The summed E-state index contributed by atoms with van der Waals surface area (Å²) in [6.07, 6.45) is 2.52. The van der Waals surface area contributed by atoms with E-state index in [4.69, 9.17) is 9.47 Å². The Hall–Kier alpha value is -3.32. The summed E-state index contributed by atoms with van der Waals surface area (Å²) in [6.45, 7) is 2.85. The van der Waals surface area contributed by atoms with Gasteiger partial charge in [-0.2, -0.15) is 0 Å². The average molecular weight is 390 g/mol. The monoisotopic (exact) mass is 390 g/mol. The van der Waals surface area contributed by atoms with Gasteiger partial charge in [-0.05, 0) is 30.3 Å². The molecule has 7 heteroatoms. The topological polar surface area (TPSA) is 79.5 Å². The minimum Gasteiger partial charge on any atom is -0.454 e. The van der Waals surface area contributed by atoms with E-state index in [1.807, 2.05) is 31.3 Å². The number of pyridine rings is 2. The lowest BCUT2D eigenvalue weighted by molar-refractivity contribution is 0.122. The van der Waals surface area contributed by atoms with Crippen molar-refractivity contribution in [1.29, 1.82) is 0 Å². The van der Waals surface area contributed by atoms with E-state index in [-0.39, 0.29) is 5.56 Å². The van der Waals surface area contributed by atoms with Crippen molar-refractivity contribution in [2.24, 2.45) is 0 Å². The molecule has 4 heterocycles. The standard InChI is InChI=1S/C22H22N4O3/c1-23-16-2-3-19-15(11-16)10-14-4-5-24-21(22(14)29-19)18-12-17(13-20(27)25-18)26-6-8-28-9-7-26/h2-5,11-13,23H,6-10H2,1H3,(H,25,27). The van der Waals surface area contributed by atoms with Crippen molar-refractivity contribution >= 4 is 11.4 Å². The molecule has 2 N–H and O–H groups in total. The van der Waals surface area contributed by atoms with Gasteiger partial charge < -0.3 is 24.7 Å². The molecule has 3 aromatic rings. The normalized spacial score (nSPS) is 15.3. The number of morpholine rings is 1. The zero-order chi connectivity index (χ0) is 19.8. The van der Waals surface area contributed by atoms with Crippen molar-refractivity contribution in [2.75, 3.05) is 43.6 Å². The number of nitrogens with one attached hydrogen (secondary N) is 2. The molecular weight excluding hydrogens is 368 g/mol. The summed E-state index contributed by atoms with van der Waals surface area (Å²) in [5.41, 5.74) is 5.25. The van der Waals surface area contributed by atoms with Crippen molar-refractivity contribution in [1.82, 2.24) is 9.97 Å². The average Bonchev–Trinajstić information content (AvgIpc) is 2.77. The predicted octanol–water partition coefficient (Wildman–Crippen LogP) is 3.01. The lowest BCUT2D eigenvalue weighted by atomic mass is 9.99. The highest BCUT2D eigenvalue weighted by molar-refractivity contribution is 5.71. The molecule has 0 amide bonds. The number of anilines is 2. The molecule has 29 heavy (non-hydrogen) atoms. The number of hydrogen-bond acceptors (Lipinski definition) is 6. The molecular formula is C22H22N4O3. The molecule has 2 aliphatic heterocycles. The lowest BCUT2D eigenvalue weighted by Crippen LogP contribution is -2.36. The van der Waals surface area contributed by atoms with Crippen LogP contribution in [0.25, 0.3) is 11.4 Å². The van der Waals surface area contributed by atoms with Crippen LogP contribution in [0.4, 0.5) is 11.4 Å². The van der Waals surface area contributed by atoms with Gasteiger partial charge in [-0.1, -0.05) is 0 Å². The number of nitrogens with zero attached hydrogens (tertiary/aromatic N) is 2. The van der Waals surface area contributed by atoms with Gasteiger partial charge in [-0.15, -0.1) is 0 Å². The maximum Gasteiger partial charge on any atom is 0.250 e. The maximum atomic E-state index is 12.4. The third kappa shape index (κ3) is 3.34. The van der Waals surface area contributed by atoms with Gasteiger partial charge in [0.2, 0.25) is 0 Å². The van der Waals surface area contributed by atoms with Gasteiger partial charge in [0, 0.05) is 61.3 Å². The zero-order valence-corrected chi connectivity index (χ0v) is 16.2. The largest absolute Gasteiger partial charge is 0.454 e. The number of benzene rings is 1. The summed E-state index contributed by atoms with van der Waals surface area (Å²) >= 11 is 0. The molecule has 148 valence electrons. The van der Waals surface area contributed by atoms with E-state index < -0.39 is 0 Å². The van der Waals surface area contributed by atoms with E-state index >= 15 is 0 Å². The number of H-pyrrole nitrogens is 1. The molecule has 1 aromatic carbocycles.